The Kier molecular flexibility index (Phi) is 11.7. The average Bonchev–Trinajstić information content (AvgIpc) is 3.12. The van der Waals surface area contributed by atoms with Crippen molar-refractivity contribution in [2.75, 3.05) is 27.3 Å². The summed E-state index contributed by atoms with van der Waals surface area (Å²) in [6.45, 7) is 6.77. The van der Waals surface area contributed by atoms with Crippen molar-refractivity contribution in [2.24, 2.45) is 4.99 Å². The van der Waals surface area contributed by atoms with Gasteiger partial charge in [-0.3, -0.25) is 4.99 Å². The van der Waals surface area contributed by atoms with Crippen molar-refractivity contribution in [2.45, 2.75) is 39.7 Å². The van der Waals surface area contributed by atoms with Crippen molar-refractivity contribution in [1.82, 2.24) is 15.6 Å². The molecular weight excluding hydrogens is 515 g/mol. The maximum atomic E-state index is 12.0. The molecule has 2 rings (SSSR count). The first-order valence-corrected chi connectivity index (χ1v) is 10.5. The third-order valence-corrected chi connectivity index (χ3v) is 5.64. The highest BCUT2D eigenvalue weighted by Crippen LogP contribution is 2.24. The van der Waals surface area contributed by atoms with E-state index in [9.17, 15) is 4.79 Å². The van der Waals surface area contributed by atoms with E-state index in [1.807, 2.05) is 26.0 Å². The number of esters is 1. The quantitative estimate of drug-likeness (QED) is 0.162. The number of ether oxygens (including phenoxy) is 2. The second-order valence-corrected chi connectivity index (χ2v) is 7.53. The van der Waals surface area contributed by atoms with Crippen molar-refractivity contribution in [1.29, 1.82) is 0 Å². The van der Waals surface area contributed by atoms with Gasteiger partial charge < -0.3 is 20.1 Å². The van der Waals surface area contributed by atoms with Crippen LogP contribution < -0.4 is 15.4 Å². The zero-order valence-corrected chi connectivity index (χ0v) is 21.3. The Labute approximate surface area is 199 Å². The van der Waals surface area contributed by atoms with E-state index in [1.165, 1.54) is 16.9 Å². The number of hydrogen-bond donors (Lipinski definition) is 2. The number of rotatable bonds is 9. The minimum absolute atomic E-state index is 0. The van der Waals surface area contributed by atoms with Gasteiger partial charge in [-0.1, -0.05) is 12.1 Å². The van der Waals surface area contributed by atoms with Crippen LogP contribution in [0.3, 0.4) is 0 Å². The topological polar surface area (TPSA) is 84.8 Å². The number of carbonyl (C=O) groups excluding carboxylic acids is 1. The van der Waals surface area contributed by atoms with E-state index in [-0.39, 0.29) is 36.0 Å². The molecule has 0 bridgehead atoms. The summed E-state index contributed by atoms with van der Waals surface area (Å²) in [6, 6.07) is 8.05. The van der Waals surface area contributed by atoms with E-state index in [2.05, 4.69) is 32.7 Å². The zero-order valence-electron chi connectivity index (χ0n) is 18.2. The third kappa shape index (κ3) is 7.75. The van der Waals surface area contributed by atoms with E-state index < -0.39 is 0 Å². The molecule has 1 aromatic carbocycles. The van der Waals surface area contributed by atoms with Gasteiger partial charge in [-0.05, 0) is 51.3 Å². The fraction of sp³-hybridized carbons (Fsp3) is 0.476. The number of aromatic nitrogens is 1. The van der Waals surface area contributed by atoms with Crippen LogP contribution in [0.15, 0.2) is 29.3 Å². The summed E-state index contributed by atoms with van der Waals surface area (Å²) in [4.78, 5) is 21.3. The first-order chi connectivity index (χ1) is 14.0. The minimum Gasteiger partial charge on any atom is -0.497 e. The molecule has 0 aliphatic rings. The van der Waals surface area contributed by atoms with E-state index in [0.29, 0.717) is 23.1 Å². The van der Waals surface area contributed by atoms with E-state index in [0.717, 1.165) is 30.1 Å². The highest BCUT2D eigenvalue weighted by Gasteiger charge is 2.20. The number of nitrogens with one attached hydrogen (secondary N) is 2. The standard InChI is InChI=1S/C21H30N4O3S.HI/c1-6-28-20(26)18-14(2)24-19(29-18)15(3)25-21(22-4)23-13-7-8-16-9-11-17(27-5)12-10-16;/h9-12,15H,6-8,13H2,1-5H3,(H2,22,23,25);1H. The molecule has 0 aliphatic carbocycles. The molecule has 1 aromatic heterocycles. The highest BCUT2D eigenvalue weighted by atomic mass is 127. The zero-order chi connectivity index (χ0) is 21.2. The summed E-state index contributed by atoms with van der Waals surface area (Å²) in [5.41, 5.74) is 1.97. The smallest absolute Gasteiger partial charge is 0.350 e. The molecule has 30 heavy (non-hydrogen) atoms. The number of guanidine groups is 1. The fourth-order valence-electron chi connectivity index (χ4n) is 2.74. The number of nitrogens with zero attached hydrogens (tertiary/aromatic N) is 2. The third-order valence-electron chi connectivity index (χ3n) is 4.31. The maximum absolute atomic E-state index is 12.0. The molecule has 7 nitrogen and oxygen atoms in total. The molecule has 0 aliphatic heterocycles. The molecule has 0 amide bonds. The molecule has 0 fully saturated rings. The molecule has 166 valence electrons. The molecule has 0 saturated carbocycles. The van der Waals surface area contributed by atoms with Gasteiger partial charge in [0.05, 0.1) is 25.5 Å². The van der Waals surface area contributed by atoms with Crippen molar-refractivity contribution in [3.05, 3.63) is 45.4 Å². The Morgan fingerprint density at radius 2 is 2.00 bits per heavy atom. The number of thiazole rings is 1. The highest BCUT2D eigenvalue weighted by molar-refractivity contribution is 14.0. The van der Waals surface area contributed by atoms with Gasteiger partial charge in [0.2, 0.25) is 0 Å². The van der Waals surface area contributed by atoms with Crippen LogP contribution in [0, 0.1) is 6.92 Å². The van der Waals surface area contributed by atoms with Gasteiger partial charge in [0.25, 0.3) is 0 Å². The van der Waals surface area contributed by atoms with Gasteiger partial charge in [-0.2, -0.15) is 0 Å². The predicted octanol–water partition coefficient (Wildman–Crippen LogP) is 4.11. The summed E-state index contributed by atoms with van der Waals surface area (Å²) in [7, 11) is 3.41. The first-order valence-electron chi connectivity index (χ1n) is 9.73. The number of benzene rings is 1. The number of hydrogen-bond acceptors (Lipinski definition) is 6. The van der Waals surface area contributed by atoms with Gasteiger partial charge in [0, 0.05) is 13.6 Å². The van der Waals surface area contributed by atoms with E-state index in [4.69, 9.17) is 9.47 Å². The summed E-state index contributed by atoms with van der Waals surface area (Å²) in [5.74, 6) is 1.26. The van der Waals surface area contributed by atoms with Crippen LogP contribution >= 0.6 is 35.3 Å². The largest absolute Gasteiger partial charge is 0.497 e. The molecule has 0 spiro atoms. The van der Waals surface area contributed by atoms with Crippen LogP contribution in [-0.2, 0) is 11.2 Å². The van der Waals surface area contributed by atoms with Crippen LogP contribution in [0.5, 0.6) is 5.75 Å². The lowest BCUT2D eigenvalue weighted by Gasteiger charge is -2.16. The molecule has 2 N–H and O–H groups in total. The van der Waals surface area contributed by atoms with Gasteiger partial charge in [0.1, 0.15) is 15.6 Å². The van der Waals surface area contributed by atoms with Gasteiger partial charge in [-0.15, -0.1) is 35.3 Å². The van der Waals surface area contributed by atoms with Gasteiger partial charge in [-0.25, -0.2) is 9.78 Å². The maximum Gasteiger partial charge on any atom is 0.350 e. The minimum atomic E-state index is -0.318. The molecule has 9 heteroatoms. The molecular formula is C21H31IN4O3S. The first kappa shape index (κ1) is 26.2. The summed E-state index contributed by atoms with van der Waals surface area (Å²) < 4.78 is 10.3. The summed E-state index contributed by atoms with van der Waals surface area (Å²) in [5, 5.41) is 7.48. The lowest BCUT2D eigenvalue weighted by molar-refractivity contribution is 0.0531. The lowest BCUT2D eigenvalue weighted by atomic mass is 10.1. The Bertz CT molecular complexity index is 824. The van der Waals surface area contributed by atoms with Gasteiger partial charge >= 0.3 is 5.97 Å². The fourth-order valence-corrected chi connectivity index (χ4v) is 3.70. The van der Waals surface area contributed by atoms with Crippen LogP contribution in [0.25, 0.3) is 0 Å². The average molecular weight is 546 g/mol. The number of carbonyl (C=O) groups is 1. The second-order valence-electron chi connectivity index (χ2n) is 6.50. The normalized spacial score (nSPS) is 12.0. The van der Waals surface area contributed by atoms with Crippen LogP contribution in [-0.4, -0.2) is 44.2 Å². The monoisotopic (exact) mass is 546 g/mol. The van der Waals surface area contributed by atoms with Crippen LogP contribution in [0.1, 0.15) is 52.2 Å². The van der Waals surface area contributed by atoms with Crippen LogP contribution in [0.2, 0.25) is 0 Å². The van der Waals surface area contributed by atoms with E-state index in [1.54, 1.807) is 21.1 Å². The Morgan fingerprint density at radius 1 is 1.30 bits per heavy atom. The molecule has 1 atom stereocenters. The Hall–Kier alpha value is -1.88. The molecule has 0 radical (unpaired) electrons. The molecule has 0 saturated heterocycles. The number of aryl methyl sites for hydroxylation is 2. The number of halogens is 1. The summed E-state index contributed by atoms with van der Waals surface area (Å²) in [6.07, 6.45) is 1.95. The second kappa shape index (κ2) is 13.4. The van der Waals surface area contributed by atoms with Crippen molar-refractivity contribution in [3.8, 4) is 5.75 Å². The van der Waals surface area contributed by atoms with Crippen LogP contribution in [0.4, 0.5) is 0 Å². The SMILES string of the molecule is CCOC(=O)c1sc(C(C)NC(=NC)NCCCc2ccc(OC)cc2)nc1C.I. The molecule has 1 heterocycles. The number of aliphatic imine (C=N–C) groups is 1. The molecule has 1 unspecified atom stereocenters. The lowest BCUT2D eigenvalue weighted by Crippen LogP contribution is -2.39. The van der Waals surface area contributed by atoms with Crippen molar-refractivity contribution < 1.29 is 14.3 Å². The van der Waals surface area contributed by atoms with Crippen molar-refractivity contribution in [3.63, 3.8) is 0 Å². The Balaban J connectivity index is 0.00000450. The molecule has 2 aromatic rings. The Morgan fingerprint density at radius 3 is 2.60 bits per heavy atom. The van der Waals surface area contributed by atoms with Gasteiger partial charge in [0.15, 0.2) is 5.96 Å². The number of methoxy groups -OCH3 is 1. The van der Waals surface area contributed by atoms with Crippen molar-refractivity contribution >= 4 is 47.2 Å². The van der Waals surface area contributed by atoms with E-state index >= 15 is 0 Å². The predicted molar refractivity (Wildman–Crippen MR) is 132 cm³/mol. The summed E-state index contributed by atoms with van der Waals surface area (Å²) >= 11 is 1.36.